The van der Waals surface area contributed by atoms with E-state index in [-0.39, 0.29) is 16.4 Å². The van der Waals surface area contributed by atoms with Crippen molar-refractivity contribution >= 4 is 15.8 Å². The molecule has 0 bridgehead atoms. The van der Waals surface area contributed by atoms with Gasteiger partial charge in [-0.1, -0.05) is 0 Å². The van der Waals surface area contributed by atoms with Crippen LogP contribution in [-0.4, -0.2) is 23.6 Å². The van der Waals surface area contributed by atoms with Crippen molar-refractivity contribution in [1.29, 1.82) is 5.26 Å². The minimum Gasteiger partial charge on any atom is -0.263 e. The largest absolute Gasteiger partial charge is 0.265 e. The second-order valence-electron chi connectivity index (χ2n) is 3.50. The molecule has 0 amide bonds. The Morgan fingerprint density at radius 3 is 2.89 bits per heavy atom. The number of hydrogen-bond donors (Lipinski definition) is 2. The molecule has 8 heteroatoms. The lowest BCUT2D eigenvalue weighted by Gasteiger charge is -2.07. The number of sulfonamides is 1. The van der Waals surface area contributed by atoms with Crippen LogP contribution in [0.25, 0.3) is 0 Å². The third-order valence-electron chi connectivity index (χ3n) is 2.23. The van der Waals surface area contributed by atoms with E-state index in [2.05, 4.69) is 19.9 Å². The van der Waals surface area contributed by atoms with Crippen molar-refractivity contribution < 1.29 is 8.42 Å². The Balaban J connectivity index is 2.44. The first-order valence-corrected chi connectivity index (χ1v) is 6.41. The van der Waals surface area contributed by atoms with Gasteiger partial charge in [-0.2, -0.15) is 10.4 Å². The van der Waals surface area contributed by atoms with Gasteiger partial charge in [0.15, 0.2) is 5.69 Å². The summed E-state index contributed by atoms with van der Waals surface area (Å²) in [6.07, 6.45) is 2.85. The third-order valence-corrected chi connectivity index (χ3v) is 3.61. The first-order chi connectivity index (χ1) is 8.54. The van der Waals surface area contributed by atoms with Crippen LogP contribution < -0.4 is 4.72 Å². The van der Waals surface area contributed by atoms with E-state index >= 15 is 0 Å². The van der Waals surface area contributed by atoms with Gasteiger partial charge in [0.2, 0.25) is 0 Å². The molecule has 0 fully saturated rings. The van der Waals surface area contributed by atoms with Crippen LogP contribution in [-0.2, 0) is 10.0 Å². The zero-order chi connectivity index (χ0) is 13.2. The monoisotopic (exact) mass is 263 g/mol. The van der Waals surface area contributed by atoms with E-state index < -0.39 is 10.0 Å². The van der Waals surface area contributed by atoms with Crippen molar-refractivity contribution in [2.45, 2.75) is 11.8 Å². The lowest BCUT2D eigenvalue weighted by atomic mass is 10.4. The van der Waals surface area contributed by atoms with Gasteiger partial charge >= 0.3 is 0 Å². The fraction of sp³-hybridized carbons (Fsp3) is 0.100. The summed E-state index contributed by atoms with van der Waals surface area (Å²) in [5.74, 6) is 0.266. The summed E-state index contributed by atoms with van der Waals surface area (Å²) in [6, 6.07) is 4.51. The van der Waals surface area contributed by atoms with Crippen LogP contribution in [0, 0.1) is 18.3 Å². The van der Waals surface area contributed by atoms with E-state index in [1.165, 1.54) is 24.5 Å². The standard InChI is InChI=1S/C10H9N5O2S/c1-7-6-13-14-10(7)15-18(16,17)9-3-2-4-12-8(9)5-11/h2-4,6H,1H3,(H2,13,14,15). The molecule has 7 nitrogen and oxygen atoms in total. The number of hydrogen-bond acceptors (Lipinski definition) is 5. The van der Waals surface area contributed by atoms with Gasteiger partial charge in [0.1, 0.15) is 16.8 Å². The van der Waals surface area contributed by atoms with Crippen LogP contribution in [0.3, 0.4) is 0 Å². The summed E-state index contributed by atoms with van der Waals surface area (Å²) >= 11 is 0. The van der Waals surface area contributed by atoms with Gasteiger partial charge in [0.25, 0.3) is 10.0 Å². The molecule has 2 aromatic heterocycles. The number of nitrogens with zero attached hydrogens (tertiary/aromatic N) is 3. The van der Waals surface area contributed by atoms with Gasteiger partial charge in [-0.3, -0.25) is 9.82 Å². The smallest absolute Gasteiger partial charge is 0.263 e. The lowest BCUT2D eigenvalue weighted by Crippen LogP contribution is -2.15. The van der Waals surface area contributed by atoms with Crippen molar-refractivity contribution in [3.63, 3.8) is 0 Å². The number of anilines is 1. The normalized spacial score (nSPS) is 10.9. The Morgan fingerprint density at radius 1 is 1.50 bits per heavy atom. The highest BCUT2D eigenvalue weighted by Crippen LogP contribution is 2.18. The molecule has 0 aliphatic heterocycles. The number of aryl methyl sites for hydroxylation is 1. The molecule has 0 saturated heterocycles. The maximum Gasteiger partial charge on any atom is 0.265 e. The molecule has 92 valence electrons. The Labute approximate surface area is 104 Å². The van der Waals surface area contributed by atoms with Gasteiger partial charge in [0.05, 0.1) is 6.20 Å². The Morgan fingerprint density at radius 2 is 2.28 bits per heavy atom. The number of rotatable bonds is 3. The molecular weight excluding hydrogens is 254 g/mol. The molecule has 0 unspecified atom stereocenters. The number of nitriles is 1. The molecule has 0 saturated carbocycles. The third kappa shape index (κ3) is 2.16. The van der Waals surface area contributed by atoms with Crippen molar-refractivity contribution in [2.24, 2.45) is 0 Å². The summed E-state index contributed by atoms with van der Waals surface area (Å²) in [5.41, 5.74) is 0.503. The molecule has 0 spiro atoms. The van der Waals surface area contributed by atoms with Crippen LogP contribution in [0.5, 0.6) is 0 Å². The van der Waals surface area contributed by atoms with Crippen LogP contribution in [0.4, 0.5) is 5.82 Å². The van der Waals surface area contributed by atoms with E-state index in [9.17, 15) is 8.42 Å². The maximum atomic E-state index is 12.1. The minimum atomic E-state index is -3.85. The van der Waals surface area contributed by atoms with Gasteiger partial charge in [-0.05, 0) is 19.1 Å². The number of H-pyrrole nitrogens is 1. The highest BCUT2D eigenvalue weighted by molar-refractivity contribution is 7.92. The molecule has 0 aliphatic carbocycles. The van der Waals surface area contributed by atoms with E-state index in [0.717, 1.165) is 0 Å². The molecule has 2 N–H and O–H groups in total. The van der Waals surface area contributed by atoms with E-state index in [1.54, 1.807) is 13.0 Å². The molecule has 18 heavy (non-hydrogen) atoms. The zero-order valence-electron chi connectivity index (χ0n) is 9.38. The Kier molecular flexibility index (Phi) is 2.99. The second kappa shape index (κ2) is 4.46. The summed E-state index contributed by atoms with van der Waals surface area (Å²) in [7, 11) is -3.85. The topological polar surface area (TPSA) is 112 Å². The van der Waals surface area contributed by atoms with Crippen molar-refractivity contribution in [3.8, 4) is 6.07 Å². The predicted molar refractivity (Wildman–Crippen MR) is 63.1 cm³/mol. The molecule has 0 atom stereocenters. The van der Waals surface area contributed by atoms with E-state index in [0.29, 0.717) is 5.56 Å². The van der Waals surface area contributed by atoms with Gasteiger partial charge in [0, 0.05) is 11.8 Å². The summed E-state index contributed by atoms with van der Waals surface area (Å²) < 4.78 is 26.5. The molecule has 0 aromatic carbocycles. The SMILES string of the molecule is Cc1cn[nH]c1NS(=O)(=O)c1cccnc1C#N. The lowest BCUT2D eigenvalue weighted by molar-refractivity contribution is 0.600. The Bertz CT molecular complexity index is 714. The summed E-state index contributed by atoms with van der Waals surface area (Å²) in [6.45, 7) is 1.70. The Hall–Kier alpha value is -2.40. The molecular formula is C10H9N5O2S. The van der Waals surface area contributed by atoms with Crippen molar-refractivity contribution in [2.75, 3.05) is 4.72 Å². The number of nitrogens with one attached hydrogen (secondary N) is 2. The fourth-order valence-electron chi connectivity index (χ4n) is 1.33. The van der Waals surface area contributed by atoms with Crippen LogP contribution in [0.15, 0.2) is 29.4 Å². The number of pyridine rings is 1. The molecule has 2 heterocycles. The average Bonchev–Trinajstić information content (AvgIpc) is 2.74. The predicted octanol–water partition coefficient (Wildman–Crippen LogP) is 0.786. The molecule has 0 aliphatic rings. The van der Waals surface area contributed by atoms with E-state index in [1.807, 2.05) is 0 Å². The van der Waals surface area contributed by atoms with Crippen LogP contribution in [0.2, 0.25) is 0 Å². The van der Waals surface area contributed by atoms with Crippen LogP contribution in [0.1, 0.15) is 11.3 Å². The zero-order valence-corrected chi connectivity index (χ0v) is 10.2. The first-order valence-electron chi connectivity index (χ1n) is 4.92. The van der Waals surface area contributed by atoms with Crippen LogP contribution >= 0.6 is 0 Å². The summed E-state index contributed by atoms with van der Waals surface area (Å²) in [5, 5.41) is 15.1. The van der Waals surface area contributed by atoms with Gasteiger partial charge in [-0.25, -0.2) is 13.4 Å². The second-order valence-corrected chi connectivity index (χ2v) is 5.15. The quantitative estimate of drug-likeness (QED) is 0.850. The fourth-order valence-corrected chi connectivity index (χ4v) is 2.53. The highest BCUT2D eigenvalue weighted by Gasteiger charge is 2.20. The average molecular weight is 263 g/mol. The highest BCUT2D eigenvalue weighted by atomic mass is 32.2. The van der Waals surface area contributed by atoms with E-state index in [4.69, 9.17) is 5.26 Å². The maximum absolute atomic E-state index is 12.1. The van der Waals surface area contributed by atoms with Crippen molar-refractivity contribution in [1.82, 2.24) is 15.2 Å². The van der Waals surface area contributed by atoms with Gasteiger partial charge in [-0.15, -0.1) is 0 Å². The molecule has 2 aromatic rings. The molecule has 0 radical (unpaired) electrons. The van der Waals surface area contributed by atoms with Crippen molar-refractivity contribution in [3.05, 3.63) is 35.8 Å². The minimum absolute atomic E-state index is 0.151. The number of aromatic amines is 1. The first kappa shape index (κ1) is 12.1. The van der Waals surface area contributed by atoms with Gasteiger partial charge < -0.3 is 0 Å². The molecule has 2 rings (SSSR count). The number of aromatic nitrogens is 3. The summed E-state index contributed by atoms with van der Waals surface area (Å²) in [4.78, 5) is 3.54.